The third-order valence-corrected chi connectivity index (χ3v) is 1.97. The highest BCUT2D eigenvalue weighted by atomic mass is 16.5. The molecule has 1 rings (SSSR count). The molecule has 1 aromatic rings. The molecule has 0 aliphatic rings. The van der Waals surface area contributed by atoms with Crippen LogP contribution >= 0.6 is 0 Å². The minimum Gasteiger partial charge on any atom is -0.490 e. The van der Waals surface area contributed by atoms with Crippen LogP contribution in [0.5, 0.6) is 23.0 Å². The monoisotopic (exact) mass is 237 g/mol. The summed E-state index contributed by atoms with van der Waals surface area (Å²) in [6.45, 7) is 3.82. The number of ether oxygens (including phenoxy) is 4. The molecule has 5 heteroatoms. The van der Waals surface area contributed by atoms with Gasteiger partial charge in [0.2, 0.25) is 11.5 Å². The quantitative estimate of drug-likeness (QED) is 0.735. The third-order valence-electron chi connectivity index (χ3n) is 1.97. The van der Waals surface area contributed by atoms with Crippen molar-refractivity contribution in [1.29, 1.82) is 5.26 Å². The summed E-state index contributed by atoms with van der Waals surface area (Å²) in [6, 6.07) is 3.27. The van der Waals surface area contributed by atoms with E-state index in [0.717, 1.165) is 0 Å². The van der Waals surface area contributed by atoms with E-state index in [-0.39, 0.29) is 6.10 Å². The number of methoxy groups -OCH3 is 2. The van der Waals surface area contributed by atoms with E-state index >= 15 is 0 Å². The molecule has 0 radical (unpaired) electrons. The van der Waals surface area contributed by atoms with Gasteiger partial charge in [0.1, 0.15) is 0 Å². The topological polar surface area (TPSA) is 60.7 Å². The number of nitrogens with zero attached hydrogens (tertiary/aromatic N) is 1. The summed E-state index contributed by atoms with van der Waals surface area (Å²) >= 11 is 0. The smallest absolute Gasteiger partial charge is 0.292 e. The number of nitriles is 1. The van der Waals surface area contributed by atoms with Gasteiger partial charge in [-0.25, -0.2) is 0 Å². The minimum absolute atomic E-state index is 0.0105. The molecular formula is C12H15NO4. The van der Waals surface area contributed by atoms with Crippen LogP contribution in [0.15, 0.2) is 12.1 Å². The minimum atomic E-state index is 0.0105. The Kier molecular flexibility index (Phi) is 4.46. The largest absolute Gasteiger partial charge is 0.490 e. The van der Waals surface area contributed by atoms with E-state index in [2.05, 4.69) is 0 Å². The lowest BCUT2D eigenvalue weighted by atomic mass is 10.2. The van der Waals surface area contributed by atoms with E-state index in [9.17, 15) is 0 Å². The van der Waals surface area contributed by atoms with Crippen LogP contribution in [0.4, 0.5) is 0 Å². The average molecular weight is 237 g/mol. The van der Waals surface area contributed by atoms with Gasteiger partial charge in [-0.2, -0.15) is 0 Å². The zero-order valence-corrected chi connectivity index (χ0v) is 10.3. The first-order chi connectivity index (χ1) is 8.13. The molecule has 0 spiro atoms. The predicted octanol–water partition coefficient (Wildman–Crippen LogP) is 2.35. The van der Waals surface area contributed by atoms with E-state index in [1.807, 2.05) is 13.8 Å². The summed E-state index contributed by atoms with van der Waals surface area (Å²) in [5, 5.41) is 8.52. The molecule has 92 valence electrons. The van der Waals surface area contributed by atoms with Gasteiger partial charge in [0, 0.05) is 0 Å². The van der Waals surface area contributed by atoms with Gasteiger partial charge in [-0.15, -0.1) is 5.26 Å². The Hall–Kier alpha value is -2.09. The Morgan fingerprint density at radius 3 is 2.06 bits per heavy atom. The van der Waals surface area contributed by atoms with Crippen LogP contribution < -0.4 is 18.9 Å². The summed E-state index contributed by atoms with van der Waals surface area (Å²) in [7, 11) is 2.97. The van der Waals surface area contributed by atoms with Crippen LogP contribution in [0.25, 0.3) is 0 Å². The van der Waals surface area contributed by atoms with Gasteiger partial charge >= 0.3 is 0 Å². The fourth-order valence-corrected chi connectivity index (χ4v) is 1.39. The van der Waals surface area contributed by atoms with Crippen LogP contribution in [0, 0.1) is 11.5 Å². The van der Waals surface area contributed by atoms with E-state index in [4.69, 9.17) is 24.2 Å². The molecule has 0 aliphatic heterocycles. The highest BCUT2D eigenvalue weighted by Gasteiger charge is 2.18. The SMILES string of the molecule is COc1c(OC#N)ccc(OC(C)C)c1OC. The zero-order chi connectivity index (χ0) is 12.8. The standard InChI is InChI=1S/C12H15NO4/c1-8(2)17-10-6-5-9(16-7-13)11(14-3)12(10)15-4/h5-6,8H,1-4H3. The van der Waals surface area contributed by atoms with Crippen molar-refractivity contribution in [2.24, 2.45) is 0 Å². The van der Waals surface area contributed by atoms with Crippen molar-refractivity contribution < 1.29 is 18.9 Å². The lowest BCUT2D eigenvalue weighted by Gasteiger charge is -2.16. The fourth-order valence-electron chi connectivity index (χ4n) is 1.39. The number of hydrogen-bond acceptors (Lipinski definition) is 5. The van der Waals surface area contributed by atoms with Crippen LogP contribution in [-0.2, 0) is 0 Å². The van der Waals surface area contributed by atoms with Gasteiger partial charge in [-0.3, -0.25) is 0 Å². The van der Waals surface area contributed by atoms with E-state index in [1.54, 1.807) is 18.4 Å². The van der Waals surface area contributed by atoms with Crippen molar-refractivity contribution in [3.8, 4) is 29.3 Å². The molecule has 0 aromatic heterocycles. The van der Waals surface area contributed by atoms with Gasteiger partial charge in [0.15, 0.2) is 11.5 Å². The van der Waals surface area contributed by atoms with Crippen LogP contribution in [0.1, 0.15) is 13.8 Å². The maximum Gasteiger partial charge on any atom is 0.292 e. The van der Waals surface area contributed by atoms with E-state index in [1.165, 1.54) is 14.2 Å². The molecule has 0 saturated heterocycles. The number of hydrogen-bond donors (Lipinski definition) is 0. The second-order valence-electron chi connectivity index (χ2n) is 3.49. The molecule has 17 heavy (non-hydrogen) atoms. The first-order valence-corrected chi connectivity index (χ1v) is 5.11. The Labute approximate surface area is 100 Å². The predicted molar refractivity (Wildman–Crippen MR) is 61.6 cm³/mol. The Morgan fingerprint density at radius 2 is 1.59 bits per heavy atom. The lowest BCUT2D eigenvalue weighted by Crippen LogP contribution is -2.07. The van der Waals surface area contributed by atoms with Crippen LogP contribution in [-0.4, -0.2) is 20.3 Å². The summed E-state index contributed by atoms with van der Waals surface area (Å²) < 4.78 is 20.7. The summed E-state index contributed by atoms with van der Waals surface area (Å²) in [6.07, 6.45) is 1.60. The van der Waals surface area contributed by atoms with Crippen molar-refractivity contribution in [3.63, 3.8) is 0 Å². The summed E-state index contributed by atoms with van der Waals surface area (Å²) in [4.78, 5) is 0. The van der Waals surface area contributed by atoms with Crippen LogP contribution in [0.2, 0.25) is 0 Å². The first-order valence-electron chi connectivity index (χ1n) is 5.11. The molecule has 5 nitrogen and oxygen atoms in total. The molecule has 0 fully saturated rings. The van der Waals surface area contributed by atoms with Gasteiger partial charge in [-0.1, -0.05) is 0 Å². The molecule has 0 atom stereocenters. The average Bonchev–Trinajstić information content (AvgIpc) is 2.30. The number of benzene rings is 1. The van der Waals surface area contributed by atoms with E-state index < -0.39 is 0 Å². The van der Waals surface area contributed by atoms with Crippen molar-refractivity contribution >= 4 is 0 Å². The van der Waals surface area contributed by atoms with Crippen molar-refractivity contribution in [3.05, 3.63) is 12.1 Å². The normalized spacial score (nSPS) is 9.65. The maximum atomic E-state index is 8.52. The lowest BCUT2D eigenvalue weighted by molar-refractivity contribution is 0.225. The molecule has 0 amide bonds. The number of rotatable bonds is 5. The van der Waals surface area contributed by atoms with Gasteiger partial charge < -0.3 is 18.9 Å². The van der Waals surface area contributed by atoms with E-state index in [0.29, 0.717) is 23.0 Å². The molecule has 0 saturated carbocycles. The first kappa shape index (κ1) is 13.0. The zero-order valence-electron chi connectivity index (χ0n) is 10.3. The fraction of sp³-hybridized carbons (Fsp3) is 0.417. The third kappa shape index (κ3) is 2.94. The van der Waals surface area contributed by atoms with Gasteiger partial charge in [0.05, 0.1) is 20.3 Å². The molecular weight excluding hydrogens is 222 g/mol. The van der Waals surface area contributed by atoms with Crippen LogP contribution in [0.3, 0.4) is 0 Å². The molecule has 0 unspecified atom stereocenters. The molecule has 0 bridgehead atoms. The molecule has 1 aromatic carbocycles. The highest BCUT2D eigenvalue weighted by Crippen LogP contribution is 2.44. The summed E-state index contributed by atoms with van der Waals surface area (Å²) in [5.74, 6) is 1.59. The Balaban J connectivity index is 3.23. The van der Waals surface area contributed by atoms with Crippen molar-refractivity contribution in [2.45, 2.75) is 20.0 Å². The highest BCUT2D eigenvalue weighted by molar-refractivity contribution is 5.59. The molecule has 0 aliphatic carbocycles. The summed E-state index contributed by atoms with van der Waals surface area (Å²) in [5.41, 5.74) is 0. The second-order valence-corrected chi connectivity index (χ2v) is 3.49. The van der Waals surface area contributed by atoms with Crippen molar-refractivity contribution in [1.82, 2.24) is 0 Å². The molecule has 0 heterocycles. The molecule has 0 N–H and O–H groups in total. The maximum absolute atomic E-state index is 8.52. The Bertz CT molecular complexity index is 423. The van der Waals surface area contributed by atoms with Gasteiger partial charge in [0.25, 0.3) is 6.26 Å². The van der Waals surface area contributed by atoms with Gasteiger partial charge in [-0.05, 0) is 26.0 Å². The Morgan fingerprint density at radius 1 is 1.06 bits per heavy atom. The second kappa shape index (κ2) is 5.85. The van der Waals surface area contributed by atoms with Crippen molar-refractivity contribution in [2.75, 3.05) is 14.2 Å².